The number of rotatable bonds is 8. The lowest BCUT2D eigenvalue weighted by atomic mass is 10.1. The second-order valence-corrected chi connectivity index (χ2v) is 5.98. The summed E-state index contributed by atoms with van der Waals surface area (Å²) < 4.78 is 5.15. The SMILES string of the molecule is COc1ccc(CCNc2cnc(C(=O)NCc3ccccc3)cn2)cc1. The first-order chi connectivity index (χ1) is 13.2. The van der Waals surface area contributed by atoms with E-state index in [1.54, 1.807) is 13.3 Å². The van der Waals surface area contributed by atoms with Gasteiger partial charge in [-0.3, -0.25) is 4.79 Å². The van der Waals surface area contributed by atoms with E-state index in [1.165, 1.54) is 11.8 Å². The van der Waals surface area contributed by atoms with Crippen LogP contribution in [0.25, 0.3) is 0 Å². The molecule has 27 heavy (non-hydrogen) atoms. The predicted octanol–water partition coefficient (Wildman–Crippen LogP) is 3.07. The van der Waals surface area contributed by atoms with Crippen LogP contribution in [0.3, 0.4) is 0 Å². The van der Waals surface area contributed by atoms with Crippen molar-refractivity contribution in [2.24, 2.45) is 0 Å². The van der Waals surface area contributed by atoms with Gasteiger partial charge >= 0.3 is 0 Å². The predicted molar refractivity (Wildman–Crippen MR) is 105 cm³/mol. The Kier molecular flexibility index (Phi) is 6.35. The van der Waals surface area contributed by atoms with Crippen LogP contribution in [0.5, 0.6) is 5.75 Å². The highest BCUT2D eigenvalue weighted by atomic mass is 16.5. The van der Waals surface area contributed by atoms with E-state index in [1.807, 2.05) is 54.6 Å². The van der Waals surface area contributed by atoms with Crippen molar-refractivity contribution in [3.63, 3.8) is 0 Å². The first kappa shape index (κ1) is 18.4. The molecule has 0 aliphatic rings. The van der Waals surface area contributed by atoms with E-state index in [0.717, 1.165) is 24.3 Å². The van der Waals surface area contributed by atoms with E-state index in [0.29, 0.717) is 18.1 Å². The Morgan fingerprint density at radius 3 is 2.41 bits per heavy atom. The number of benzene rings is 2. The molecule has 0 saturated heterocycles. The lowest BCUT2D eigenvalue weighted by Crippen LogP contribution is -2.24. The topological polar surface area (TPSA) is 76.1 Å². The maximum Gasteiger partial charge on any atom is 0.271 e. The molecule has 2 aromatic carbocycles. The van der Waals surface area contributed by atoms with Crippen molar-refractivity contribution >= 4 is 11.7 Å². The average molecular weight is 362 g/mol. The van der Waals surface area contributed by atoms with Crippen LogP contribution in [0.15, 0.2) is 67.0 Å². The van der Waals surface area contributed by atoms with Gasteiger partial charge in [-0.2, -0.15) is 0 Å². The number of aromatic nitrogens is 2. The van der Waals surface area contributed by atoms with E-state index >= 15 is 0 Å². The van der Waals surface area contributed by atoms with Gasteiger partial charge in [0.15, 0.2) is 0 Å². The molecule has 3 aromatic rings. The summed E-state index contributed by atoms with van der Waals surface area (Å²) in [5.41, 5.74) is 2.54. The van der Waals surface area contributed by atoms with E-state index < -0.39 is 0 Å². The van der Waals surface area contributed by atoms with Crippen molar-refractivity contribution in [1.82, 2.24) is 15.3 Å². The third-order valence-corrected chi connectivity index (χ3v) is 4.06. The minimum absolute atomic E-state index is 0.240. The van der Waals surface area contributed by atoms with Crippen LogP contribution in [0.2, 0.25) is 0 Å². The number of methoxy groups -OCH3 is 1. The largest absolute Gasteiger partial charge is 0.497 e. The van der Waals surface area contributed by atoms with Crippen molar-refractivity contribution < 1.29 is 9.53 Å². The minimum Gasteiger partial charge on any atom is -0.497 e. The first-order valence-electron chi connectivity index (χ1n) is 8.75. The third kappa shape index (κ3) is 5.54. The monoisotopic (exact) mass is 362 g/mol. The Morgan fingerprint density at radius 1 is 0.963 bits per heavy atom. The van der Waals surface area contributed by atoms with E-state index in [4.69, 9.17) is 4.74 Å². The quantitative estimate of drug-likeness (QED) is 0.644. The number of carbonyl (C=O) groups excluding carboxylic acids is 1. The highest BCUT2D eigenvalue weighted by molar-refractivity contribution is 5.91. The standard InChI is InChI=1S/C21H22N4O2/c1-27-18-9-7-16(8-10-18)11-12-22-20-15-23-19(14-24-20)21(26)25-13-17-5-3-2-4-6-17/h2-10,14-15H,11-13H2,1H3,(H,22,24)(H,25,26). The molecule has 0 radical (unpaired) electrons. The number of nitrogens with one attached hydrogen (secondary N) is 2. The molecule has 0 spiro atoms. The second kappa shape index (κ2) is 9.33. The number of ether oxygens (including phenoxy) is 1. The lowest BCUT2D eigenvalue weighted by Gasteiger charge is -2.07. The molecule has 0 fully saturated rings. The molecule has 1 amide bonds. The van der Waals surface area contributed by atoms with Gasteiger partial charge in [0.25, 0.3) is 5.91 Å². The van der Waals surface area contributed by atoms with Gasteiger partial charge in [0.2, 0.25) is 0 Å². The number of anilines is 1. The molecule has 0 aliphatic heterocycles. The summed E-state index contributed by atoms with van der Waals surface area (Å²) in [6.45, 7) is 1.18. The van der Waals surface area contributed by atoms with E-state index in [-0.39, 0.29) is 5.91 Å². The van der Waals surface area contributed by atoms with Crippen LogP contribution in [-0.4, -0.2) is 29.5 Å². The zero-order valence-electron chi connectivity index (χ0n) is 15.2. The van der Waals surface area contributed by atoms with Crippen LogP contribution in [0.1, 0.15) is 21.6 Å². The lowest BCUT2D eigenvalue weighted by molar-refractivity contribution is 0.0945. The van der Waals surface area contributed by atoms with Crippen molar-refractivity contribution in [1.29, 1.82) is 0 Å². The third-order valence-electron chi connectivity index (χ3n) is 4.06. The zero-order chi connectivity index (χ0) is 18.9. The van der Waals surface area contributed by atoms with Crippen molar-refractivity contribution in [2.75, 3.05) is 19.0 Å². The van der Waals surface area contributed by atoms with Crippen molar-refractivity contribution in [2.45, 2.75) is 13.0 Å². The Bertz CT molecular complexity index is 850. The summed E-state index contributed by atoms with van der Waals surface area (Å²) in [5, 5.41) is 6.05. The molecule has 138 valence electrons. The van der Waals surface area contributed by atoms with Crippen LogP contribution in [0, 0.1) is 0 Å². The number of nitrogens with zero attached hydrogens (tertiary/aromatic N) is 2. The molecule has 0 aliphatic carbocycles. The maximum atomic E-state index is 12.1. The Hall–Kier alpha value is -3.41. The summed E-state index contributed by atoms with van der Waals surface area (Å²) in [7, 11) is 1.65. The van der Waals surface area contributed by atoms with Crippen LogP contribution >= 0.6 is 0 Å². The minimum atomic E-state index is -0.240. The van der Waals surface area contributed by atoms with Crippen molar-refractivity contribution in [3.05, 3.63) is 83.8 Å². The van der Waals surface area contributed by atoms with Gasteiger partial charge in [0.1, 0.15) is 17.3 Å². The van der Waals surface area contributed by atoms with Gasteiger partial charge in [-0.15, -0.1) is 0 Å². The molecule has 0 unspecified atom stereocenters. The fourth-order valence-corrected chi connectivity index (χ4v) is 2.53. The normalized spacial score (nSPS) is 10.3. The van der Waals surface area contributed by atoms with Gasteiger partial charge in [0, 0.05) is 13.1 Å². The smallest absolute Gasteiger partial charge is 0.271 e. The highest BCUT2D eigenvalue weighted by Crippen LogP contribution is 2.12. The fourth-order valence-electron chi connectivity index (χ4n) is 2.53. The van der Waals surface area contributed by atoms with Crippen LogP contribution in [-0.2, 0) is 13.0 Å². The Balaban J connectivity index is 1.45. The number of hydrogen-bond donors (Lipinski definition) is 2. The summed E-state index contributed by atoms with van der Waals surface area (Å²) in [6.07, 6.45) is 3.91. The van der Waals surface area contributed by atoms with Crippen molar-refractivity contribution in [3.8, 4) is 5.75 Å². The molecule has 6 nitrogen and oxygen atoms in total. The summed E-state index contributed by atoms with van der Waals surface area (Å²) >= 11 is 0. The average Bonchev–Trinajstić information content (AvgIpc) is 2.74. The molecule has 1 heterocycles. The number of hydrogen-bond acceptors (Lipinski definition) is 5. The van der Waals surface area contributed by atoms with E-state index in [2.05, 4.69) is 20.6 Å². The molecule has 0 bridgehead atoms. The van der Waals surface area contributed by atoms with Gasteiger partial charge in [-0.25, -0.2) is 9.97 Å². The number of carbonyl (C=O) groups is 1. The van der Waals surface area contributed by atoms with Gasteiger partial charge in [0.05, 0.1) is 19.5 Å². The first-order valence-corrected chi connectivity index (χ1v) is 8.75. The summed E-state index contributed by atoms with van der Waals surface area (Å²) in [4.78, 5) is 20.6. The molecule has 6 heteroatoms. The van der Waals surface area contributed by atoms with Gasteiger partial charge in [-0.1, -0.05) is 42.5 Å². The summed E-state index contributed by atoms with van der Waals surface area (Å²) in [5.74, 6) is 1.25. The zero-order valence-corrected chi connectivity index (χ0v) is 15.2. The second-order valence-electron chi connectivity index (χ2n) is 5.98. The van der Waals surface area contributed by atoms with Crippen LogP contribution < -0.4 is 15.4 Å². The Labute approximate surface area is 158 Å². The van der Waals surface area contributed by atoms with E-state index in [9.17, 15) is 4.79 Å². The fraction of sp³-hybridized carbons (Fsp3) is 0.190. The Morgan fingerprint density at radius 2 is 1.74 bits per heavy atom. The molecular formula is C21H22N4O2. The van der Waals surface area contributed by atoms with Gasteiger partial charge in [-0.05, 0) is 29.7 Å². The van der Waals surface area contributed by atoms with Crippen LogP contribution in [0.4, 0.5) is 5.82 Å². The highest BCUT2D eigenvalue weighted by Gasteiger charge is 2.07. The number of amides is 1. The molecule has 2 N–H and O–H groups in total. The van der Waals surface area contributed by atoms with Gasteiger partial charge < -0.3 is 15.4 Å². The summed E-state index contributed by atoms with van der Waals surface area (Å²) in [6, 6.07) is 17.7. The molecule has 1 aromatic heterocycles. The maximum absolute atomic E-state index is 12.1. The molecule has 3 rings (SSSR count). The molecule has 0 atom stereocenters. The molecule has 0 saturated carbocycles. The molecular weight excluding hydrogens is 340 g/mol.